The molecule has 0 spiro atoms. The van der Waals surface area contributed by atoms with Gasteiger partial charge in [-0.05, 0) is 23.6 Å². The van der Waals surface area contributed by atoms with E-state index < -0.39 is 0 Å². The van der Waals surface area contributed by atoms with Gasteiger partial charge in [0.25, 0.3) is 0 Å². The summed E-state index contributed by atoms with van der Waals surface area (Å²) in [5, 5.41) is 0. The monoisotopic (exact) mass is 266 g/mol. The third kappa shape index (κ3) is 1.76. The van der Waals surface area contributed by atoms with E-state index >= 15 is 0 Å². The Morgan fingerprint density at radius 3 is 2.90 bits per heavy atom. The first-order valence-electron chi connectivity index (χ1n) is 6.79. The fourth-order valence-electron chi connectivity index (χ4n) is 2.87. The number of fused-ring (bicyclic) bond motifs is 2. The van der Waals surface area contributed by atoms with Crippen LogP contribution in [0.3, 0.4) is 0 Å². The van der Waals surface area contributed by atoms with E-state index in [1.165, 1.54) is 11.1 Å². The third-order valence-corrected chi connectivity index (χ3v) is 4.01. The molecule has 0 saturated carbocycles. The molecule has 0 fully saturated rings. The first-order valence-corrected chi connectivity index (χ1v) is 6.79. The number of nitrogens with zero attached hydrogens (tertiary/aromatic N) is 2. The fourth-order valence-corrected chi connectivity index (χ4v) is 2.87. The highest BCUT2D eigenvalue weighted by molar-refractivity contribution is 5.93. The Bertz CT molecular complexity index is 697. The van der Waals surface area contributed by atoms with Gasteiger partial charge in [0.1, 0.15) is 12.4 Å². The topological polar surface area (TPSA) is 42.4 Å². The maximum atomic E-state index is 11.4. The maximum absolute atomic E-state index is 11.4. The van der Waals surface area contributed by atoms with Crippen LogP contribution in [0.1, 0.15) is 27.0 Å². The molecule has 1 aromatic heterocycles. The van der Waals surface area contributed by atoms with E-state index in [0.717, 1.165) is 30.9 Å². The molecule has 0 aliphatic carbocycles. The summed E-state index contributed by atoms with van der Waals surface area (Å²) in [6.45, 7) is 2.20. The zero-order chi connectivity index (χ0) is 13.5. The smallest absolute Gasteiger partial charge is 0.340 e. The molecule has 0 amide bonds. The summed E-state index contributed by atoms with van der Waals surface area (Å²) in [6, 6.07) is 10.5. The van der Waals surface area contributed by atoms with Crippen LogP contribution < -0.4 is 4.90 Å². The van der Waals surface area contributed by atoms with Gasteiger partial charge < -0.3 is 9.64 Å². The molecular weight excluding hydrogens is 252 g/mol. The van der Waals surface area contributed by atoms with E-state index in [1.54, 1.807) is 6.20 Å². The van der Waals surface area contributed by atoms with E-state index in [0.29, 0.717) is 12.2 Å². The molecule has 0 saturated heterocycles. The number of pyridine rings is 1. The second-order valence-electron chi connectivity index (χ2n) is 5.22. The summed E-state index contributed by atoms with van der Waals surface area (Å²) in [4.78, 5) is 18.1. The highest BCUT2D eigenvalue weighted by Crippen LogP contribution is 2.27. The van der Waals surface area contributed by atoms with Crippen molar-refractivity contribution in [3.8, 4) is 0 Å². The number of carbonyl (C=O) groups is 1. The van der Waals surface area contributed by atoms with Crippen molar-refractivity contribution in [3.63, 3.8) is 0 Å². The minimum atomic E-state index is -0.261. The number of anilines is 1. The zero-order valence-electron chi connectivity index (χ0n) is 11.0. The summed E-state index contributed by atoms with van der Waals surface area (Å²) in [5.74, 6) is 0.666. The predicted octanol–water partition coefficient (Wildman–Crippen LogP) is 2.31. The minimum Gasteiger partial charge on any atom is -0.457 e. The van der Waals surface area contributed by atoms with Gasteiger partial charge in [-0.2, -0.15) is 0 Å². The van der Waals surface area contributed by atoms with Crippen molar-refractivity contribution in [2.75, 3.05) is 11.4 Å². The molecule has 0 unspecified atom stereocenters. The SMILES string of the molecule is O=C1OCc2cc(N3CCc4ccccc4C3)ncc21. The number of hydrogen-bond donors (Lipinski definition) is 0. The van der Waals surface area contributed by atoms with Crippen LogP contribution in [-0.2, 0) is 24.3 Å². The van der Waals surface area contributed by atoms with Crippen LogP contribution in [-0.4, -0.2) is 17.5 Å². The molecule has 0 bridgehead atoms. The number of ether oxygens (including phenoxy) is 1. The molecular formula is C16H14N2O2. The summed E-state index contributed by atoms with van der Waals surface area (Å²) < 4.78 is 5.02. The van der Waals surface area contributed by atoms with Crippen LogP contribution in [0.15, 0.2) is 36.5 Å². The Morgan fingerprint density at radius 2 is 2.00 bits per heavy atom. The van der Waals surface area contributed by atoms with Gasteiger partial charge in [0.15, 0.2) is 0 Å². The number of carbonyl (C=O) groups excluding carboxylic acids is 1. The molecule has 0 radical (unpaired) electrons. The molecule has 0 atom stereocenters. The van der Waals surface area contributed by atoms with Crippen LogP contribution in [0.2, 0.25) is 0 Å². The lowest BCUT2D eigenvalue weighted by Crippen LogP contribution is -2.31. The molecule has 20 heavy (non-hydrogen) atoms. The van der Waals surface area contributed by atoms with Crippen LogP contribution in [0, 0.1) is 0 Å². The number of esters is 1. The van der Waals surface area contributed by atoms with Gasteiger partial charge in [-0.25, -0.2) is 9.78 Å². The molecule has 2 aliphatic rings. The van der Waals surface area contributed by atoms with Crippen molar-refractivity contribution in [2.45, 2.75) is 19.6 Å². The second-order valence-corrected chi connectivity index (χ2v) is 5.22. The molecule has 2 aliphatic heterocycles. The van der Waals surface area contributed by atoms with E-state index in [1.807, 2.05) is 6.07 Å². The molecule has 4 nitrogen and oxygen atoms in total. The fraction of sp³-hybridized carbons (Fsp3) is 0.250. The second kappa shape index (κ2) is 4.34. The van der Waals surface area contributed by atoms with E-state index in [2.05, 4.69) is 34.1 Å². The van der Waals surface area contributed by atoms with Crippen molar-refractivity contribution in [1.29, 1.82) is 0 Å². The first kappa shape index (κ1) is 11.5. The molecule has 100 valence electrons. The Hall–Kier alpha value is -2.36. The highest BCUT2D eigenvalue weighted by atomic mass is 16.5. The van der Waals surface area contributed by atoms with Gasteiger partial charge in [-0.3, -0.25) is 0 Å². The number of aromatic nitrogens is 1. The molecule has 4 rings (SSSR count). The van der Waals surface area contributed by atoms with Crippen molar-refractivity contribution >= 4 is 11.8 Å². The molecule has 0 N–H and O–H groups in total. The lowest BCUT2D eigenvalue weighted by atomic mass is 10.00. The van der Waals surface area contributed by atoms with Crippen LogP contribution in [0.5, 0.6) is 0 Å². The summed E-state index contributed by atoms with van der Waals surface area (Å²) in [6.07, 6.45) is 2.67. The normalized spacial score (nSPS) is 16.6. The standard InChI is InChI=1S/C16H14N2O2/c19-16-14-8-17-15(7-13(14)10-20-16)18-6-5-11-3-1-2-4-12(11)9-18/h1-4,7-8H,5-6,9-10H2. The number of cyclic esters (lactones) is 1. The Balaban J connectivity index is 1.65. The van der Waals surface area contributed by atoms with Gasteiger partial charge in [0.2, 0.25) is 0 Å². The average Bonchev–Trinajstić information content (AvgIpc) is 2.88. The highest BCUT2D eigenvalue weighted by Gasteiger charge is 2.24. The van der Waals surface area contributed by atoms with Gasteiger partial charge >= 0.3 is 5.97 Å². The Morgan fingerprint density at radius 1 is 1.15 bits per heavy atom. The van der Waals surface area contributed by atoms with Gasteiger partial charge in [0.05, 0.1) is 5.56 Å². The van der Waals surface area contributed by atoms with Crippen LogP contribution >= 0.6 is 0 Å². The first-order chi connectivity index (χ1) is 9.81. The van der Waals surface area contributed by atoms with Crippen molar-refractivity contribution in [1.82, 2.24) is 4.98 Å². The van der Waals surface area contributed by atoms with Gasteiger partial charge in [0, 0.05) is 24.8 Å². The van der Waals surface area contributed by atoms with E-state index in [4.69, 9.17) is 4.74 Å². The maximum Gasteiger partial charge on any atom is 0.340 e. The minimum absolute atomic E-state index is 0.261. The number of hydrogen-bond acceptors (Lipinski definition) is 4. The van der Waals surface area contributed by atoms with E-state index in [-0.39, 0.29) is 5.97 Å². The van der Waals surface area contributed by atoms with Crippen LogP contribution in [0.25, 0.3) is 0 Å². The van der Waals surface area contributed by atoms with Crippen molar-refractivity contribution < 1.29 is 9.53 Å². The molecule has 3 heterocycles. The predicted molar refractivity (Wildman–Crippen MR) is 74.6 cm³/mol. The van der Waals surface area contributed by atoms with Crippen molar-refractivity contribution in [2.24, 2.45) is 0 Å². The third-order valence-electron chi connectivity index (χ3n) is 4.01. The van der Waals surface area contributed by atoms with E-state index in [9.17, 15) is 4.79 Å². The lowest BCUT2D eigenvalue weighted by molar-refractivity contribution is 0.0535. The molecule has 1 aromatic carbocycles. The van der Waals surface area contributed by atoms with Crippen LogP contribution in [0.4, 0.5) is 5.82 Å². The summed E-state index contributed by atoms with van der Waals surface area (Å²) >= 11 is 0. The largest absolute Gasteiger partial charge is 0.457 e. The van der Waals surface area contributed by atoms with Crippen molar-refractivity contribution in [3.05, 3.63) is 58.8 Å². The Kier molecular flexibility index (Phi) is 2.49. The Labute approximate surface area is 117 Å². The lowest BCUT2D eigenvalue weighted by Gasteiger charge is -2.29. The zero-order valence-corrected chi connectivity index (χ0v) is 11.0. The summed E-state index contributed by atoms with van der Waals surface area (Å²) in [7, 11) is 0. The molecule has 2 aromatic rings. The molecule has 4 heteroatoms. The quantitative estimate of drug-likeness (QED) is 0.743. The summed E-state index contributed by atoms with van der Waals surface area (Å²) in [5.41, 5.74) is 4.32. The average molecular weight is 266 g/mol. The number of benzene rings is 1. The van der Waals surface area contributed by atoms with Gasteiger partial charge in [-0.15, -0.1) is 0 Å². The van der Waals surface area contributed by atoms with Gasteiger partial charge in [-0.1, -0.05) is 24.3 Å². The number of rotatable bonds is 1.